The van der Waals surface area contributed by atoms with E-state index in [1.807, 2.05) is 0 Å². The van der Waals surface area contributed by atoms with E-state index in [1.165, 1.54) is 12.1 Å². The molecule has 1 aromatic carbocycles. The van der Waals surface area contributed by atoms with E-state index in [-0.39, 0.29) is 5.82 Å². The zero-order valence-corrected chi connectivity index (χ0v) is 8.81. The first kappa shape index (κ1) is 9.77. The maximum atomic E-state index is 13.1. The predicted molar refractivity (Wildman–Crippen MR) is 63.7 cm³/mol. The van der Waals surface area contributed by atoms with Crippen LogP contribution in [0.2, 0.25) is 0 Å². The van der Waals surface area contributed by atoms with Crippen molar-refractivity contribution in [3.8, 4) is 11.4 Å². The molecule has 0 bridgehead atoms. The molecule has 0 amide bonds. The summed E-state index contributed by atoms with van der Waals surface area (Å²) in [5.74, 6) is 0.285. The zero-order valence-electron chi connectivity index (χ0n) is 8.81. The number of aromatic amines is 1. The normalized spacial score (nSPS) is 10.9. The molecule has 5 heteroatoms. The number of halogens is 1. The van der Waals surface area contributed by atoms with E-state index < -0.39 is 0 Å². The number of imidazole rings is 1. The number of pyridine rings is 1. The number of hydrogen-bond donors (Lipinski definition) is 2. The van der Waals surface area contributed by atoms with Crippen molar-refractivity contribution in [2.24, 2.45) is 0 Å². The van der Waals surface area contributed by atoms with Crippen LogP contribution in [0.1, 0.15) is 0 Å². The molecule has 2 aromatic heterocycles. The monoisotopic (exact) mass is 228 g/mol. The second-order valence-corrected chi connectivity index (χ2v) is 3.74. The Bertz CT molecular complexity index is 690. The number of benzene rings is 1. The number of nitrogens with two attached hydrogens (primary N) is 1. The standard InChI is InChI=1S/C12H9FN4/c13-8-3-1-2-7(4-8)11-16-10-5-9(14)6-15-12(10)17-11/h1-6H,14H2,(H,15,16,17). The van der Waals surface area contributed by atoms with Crippen LogP contribution in [-0.4, -0.2) is 15.0 Å². The van der Waals surface area contributed by atoms with E-state index in [9.17, 15) is 4.39 Å². The number of nitrogen functional groups attached to an aromatic ring is 1. The highest BCUT2D eigenvalue weighted by Crippen LogP contribution is 2.20. The fourth-order valence-electron chi connectivity index (χ4n) is 1.69. The SMILES string of the molecule is Nc1cnc2nc(-c3cccc(F)c3)[nH]c2c1. The van der Waals surface area contributed by atoms with Gasteiger partial charge in [-0.15, -0.1) is 0 Å². The van der Waals surface area contributed by atoms with E-state index in [4.69, 9.17) is 5.73 Å². The Morgan fingerprint density at radius 3 is 2.94 bits per heavy atom. The van der Waals surface area contributed by atoms with E-state index in [0.29, 0.717) is 22.7 Å². The second kappa shape index (κ2) is 3.55. The minimum Gasteiger partial charge on any atom is -0.397 e. The topological polar surface area (TPSA) is 67.6 Å². The number of aromatic nitrogens is 3. The number of fused-ring (bicyclic) bond motifs is 1. The van der Waals surface area contributed by atoms with Crippen LogP contribution in [0, 0.1) is 5.82 Å². The van der Waals surface area contributed by atoms with Crippen molar-refractivity contribution in [1.82, 2.24) is 15.0 Å². The first-order valence-corrected chi connectivity index (χ1v) is 5.09. The van der Waals surface area contributed by atoms with Gasteiger partial charge in [-0.05, 0) is 18.2 Å². The molecular formula is C12H9FN4. The molecule has 0 spiro atoms. The summed E-state index contributed by atoms with van der Waals surface area (Å²) >= 11 is 0. The first-order valence-electron chi connectivity index (χ1n) is 5.09. The van der Waals surface area contributed by atoms with Crippen LogP contribution in [0.25, 0.3) is 22.6 Å². The Morgan fingerprint density at radius 2 is 2.12 bits per heavy atom. The number of H-pyrrole nitrogens is 1. The summed E-state index contributed by atoms with van der Waals surface area (Å²) in [6.07, 6.45) is 1.54. The average molecular weight is 228 g/mol. The highest BCUT2D eigenvalue weighted by Gasteiger charge is 2.06. The molecule has 0 radical (unpaired) electrons. The summed E-state index contributed by atoms with van der Waals surface area (Å²) in [4.78, 5) is 11.4. The Labute approximate surface area is 96.3 Å². The van der Waals surface area contributed by atoms with Crippen molar-refractivity contribution in [2.45, 2.75) is 0 Å². The Morgan fingerprint density at radius 1 is 1.24 bits per heavy atom. The number of nitrogens with zero attached hydrogens (tertiary/aromatic N) is 2. The summed E-state index contributed by atoms with van der Waals surface area (Å²) in [6, 6.07) is 7.98. The van der Waals surface area contributed by atoms with Gasteiger partial charge in [-0.2, -0.15) is 0 Å². The van der Waals surface area contributed by atoms with Crippen molar-refractivity contribution in [3.63, 3.8) is 0 Å². The van der Waals surface area contributed by atoms with Gasteiger partial charge in [-0.25, -0.2) is 14.4 Å². The first-order chi connectivity index (χ1) is 8.22. The van der Waals surface area contributed by atoms with Crippen LogP contribution in [-0.2, 0) is 0 Å². The molecule has 0 atom stereocenters. The van der Waals surface area contributed by atoms with E-state index in [0.717, 1.165) is 5.52 Å². The number of anilines is 1. The van der Waals surface area contributed by atoms with Crippen molar-refractivity contribution in [2.75, 3.05) is 5.73 Å². The molecule has 0 fully saturated rings. The minimum atomic E-state index is -0.296. The summed E-state index contributed by atoms with van der Waals surface area (Å²) in [5.41, 5.74) is 8.18. The van der Waals surface area contributed by atoms with E-state index >= 15 is 0 Å². The highest BCUT2D eigenvalue weighted by molar-refractivity contribution is 5.78. The van der Waals surface area contributed by atoms with Gasteiger partial charge in [0.15, 0.2) is 5.65 Å². The third-order valence-electron chi connectivity index (χ3n) is 2.46. The fourth-order valence-corrected chi connectivity index (χ4v) is 1.69. The number of hydrogen-bond acceptors (Lipinski definition) is 3. The molecule has 0 unspecified atom stereocenters. The quantitative estimate of drug-likeness (QED) is 0.671. The molecule has 0 aliphatic rings. The molecular weight excluding hydrogens is 219 g/mol. The molecule has 3 aromatic rings. The van der Waals surface area contributed by atoms with Gasteiger partial charge in [-0.1, -0.05) is 12.1 Å². The van der Waals surface area contributed by atoms with Crippen molar-refractivity contribution < 1.29 is 4.39 Å². The smallest absolute Gasteiger partial charge is 0.178 e. The van der Waals surface area contributed by atoms with Crippen molar-refractivity contribution >= 4 is 16.9 Å². The Hall–Kier alpha value is -2.43. The van der Waals surface area contributed by atoms with Crippen LogP contribution in [0.3, 0.4) is 0 Å². The summed E-state index contributed by atoms with van der Waals surface area (Å²) < 4.78 is 13.1. The maximum Gasteiger partial charge on any atom is 0.178 e. The van der Waals surface area contributed by atoms with E-state index in [2.05, 4.69) is 15.0 Å². The van der Waals surface area contributed by atoms with Gasteiger partial charge in [0.1, 0.15) is 11.6 Å². The highest BCUT2D eigenvalue weighted by atomic mass is 19.1. The number of rotatable bonds is 1. The lowest BCUT2D eigenvalue weighted by molar-refractivity contribution is 0.628. The number of nitrogens with one attached hydrogen (secondary N) is 1. The zero-order chi connectivity index (χ0) is 11.8. The van der Waals surface area contributed by atoms with Gasteiger partial charge >= 0.3 is 0 Å². The molecule has 0 saturated heterocycles. The summed E-state index contributed by atoms with van der Waals surface area (Å²) in [5, 5.41) is 0. The van der Waals surface area contributed by atoms with E-state index in [1.54, 1.807) is 24.4 Å². The minimum absolute atomic E-state index is 0.296. The predicted octanol–water partition coefficient (Wildman–Crippen LogP) is 2.35. The van der Waals surface area contributed by atoms with Gasteiger partial charge in [0, 0.05) is 5.56 Å². The van der Waals surface area contributed by atoms with Crippen molar-refractivity contribution in [3.05, 3.63) is 42.3 Å². The molecule has 3 rings (SSSR count). The molecule has 84 valence electrons. The Kier molecular flexibility index (Phi) is 2.04. The molecule has 0 aliphatic heterocycles. The maximum absolute atomic E-state index is 13.1. The van der Waals surface area contributed by atoms with Gasteiger partial charge in [0.05, 0.1) is 17.4 Å². The van der Waals surface area contributed by atoms with Crippen LogP contribution in [0.15, 0.2) is 36.5 Å². The largest absolute Gasteiger partial charge is 0.397 e. The lowest BCUT2D eigenvalue weighted by Gasteiger charge is -1.95. The van der Waals surface area contributed by atoms with Crippen LogP contribution < -0.4 is 5.73 Å². The van der Waals surface area contributed by atoms with Gasteiger partial charge in [0.25, 0.3) is 0 Å². The molecule has 17 heavy (non-hydrogen) atoms. The van der Waals surface area contributed by atoms with Gasteiger partial charge < -0.3 is 10.7 Å². The third-order valence-corrected chi connectivity index (χ3v) is 2.46. The molecule has 4 nitrogen and oxygen atoms in total. The van der Waals surface area contributed by atoms with Crippen LogP contribution in [0.4, 0.5) is 10.1 Å². The van der Waals surface area contributed by atoms with Gasteiger partial charge in [0.2, 0.25) is 0 Å². The van der Waals surface area contributed by atoms with Crippen LogP contribution in [0.5, 0.6) is 0 Å². The molecule has 3 N–H and O–H groups in total. The second-order valence-electron chi connectivity index (χ2n) is 3.74. The third kappa shape index (κ3) is 1.71. The summed E-state index contributed by atoms with van der Waals surface area (Å²) in [6.45, 7) is 0. The molecule has 2 heterocycles. The molecule has 0 aliphatic carbocycles. The lowest BCUT2D eigenvalue weighted by Crippen LogP contribution is -1.85. The van der Waals surface area contributed by atoms with Crippen LogP contribution >= 0.6 is 0 Å². The Balaban J connectivity index is 2.18. The fraction of sp³-hybridized carbons (Fsp3) is 0. The van der Waals surface area contributed by atoms with Gasteiger partial charge in [-0.3, -0.25) is 0 Å². The lowest BCUT2D eigenvalue weighted by atomic mass is 10.2. The summed E-state index contributed by atoms with van der Waals surface area (Å²) in [7, 11) is 0. The molecule has 0 saturated carbocycles. The van der Waals surface area contributed by atoms with Crippen molar-refractivity contribution in [1.29, 1.82) is 0 Å². The average Bonchev–Trinajstić information content (AvgIpc) is 2.72.